The van der Waals surface area contributed by atoms with Crippen LogP contribution in [-0.4, -0.2) is 21.4 Å². The van der Waals surface area contributed by atoms with Gasteiger partial charge in [0.1, 0.15) is 0 Å². The number of aryl methyl sites for hydroxylation is 1. The van der Waals surface area contributed by atoms with Gasteiger partial charge in [0.25, 0.3) is 5.91 Å². The van der Waals surface area contributed by atoms with Gasteiger partial charge in [0.05, 0.1) is 6.54 Å². The second-order valence-corrected chi connectivity index (χ2v) is 7.60. The van der Waals surface area contributed by atoms with Crippen LogP contribution in [0, 0.1) is 0 Å². The molecule has 0 unspecified atom stereocenters. The van der Waals surface area contributed by atoms with Gasteiger partial charge >= 0.3 is 0 Å². The van der Waals surface area contributed by atoms with Crippen LogP contribution >= 0.6 is 0 Å². The lowest BCUT2D eigenvalue weighted by molar-refractivity contribution is 0.0726. The van der Waals surface area contributed by atoms with E-state index >= 15 is 0 Å². The molecule has 0 radical (unpaired) electrons. The maximum atomic E-state index is 12.9. The average molecular weight is 310 g/mol. The molecule has 0 bridgehead atoms. The molecule has 23 heavy (non-hydrogen) atoms. The Bertz CT molecular complexity index is 687. The lowest BCUT2D eigenvalue weighted by atomic mass is 9.86. The number of hydrogen-bond donors (Lipinski definition) is 0. The Morgan fingerprint density at radius 1 is 1.17 bits per heavy atom. The maximum absolute atomic E-state index is 12.9. The minimum Gasteiger partial charge on any atom is -0.353 e. The third-order valence-electron chi connectivity index (χ3n) is 4.63. The number of carbonyl (C=O) groups excluding carboxylic acids is 1. The lowest BCUT2D eigenvalue weighted by Gasteiger charge is -2.24. The van der Waals surface area contributed by atoms with Crippen molar-refractivity contribution in [3.63, 3.8) is 0 Å². The zero-order chi connectivity index (χ0) is 16.6. The van der Waals surface area contributed by atoms with Gasteiger partial charge in [-0.05, 0) is 48.1 Å². The molecular formula is C20H26N2O. The summed E-state index contributed by atoms with van der Waals surface area (Å²) in [5, 5.41) is 0. The van der Waals surface area contributed by atoms with Gasteiger partial charge in [0.15, 0.2) is 0 Å². The molecule has 1 saturated carbocycles. The fourth-order valence-corrected chi connectivity index (χ4v) is 2.87. The minimum absolute atomic E-state index is 0.112. The van der Waals surface area contributed by atoms with Crippen molar-refractivity contribution < 1.29 is 4.79 Å². The molecule has 0 atom stereocenters. The first kappa shape index (κ1) is 15.9. The highest BCUT2D eigenvalue weighted by atomic mass is 16.2. The van der Waals surface area contributed by atoms with E-state index < -0.39 is 0 Å². The van der Waals surface area contributed by atoms with Crippen molar-refractivity contribution >= 4 is 5.91 Å². The van der Waals surface area contributed by atoms with Crippen molar-refractivity contribution in [2.24, 2.45) is 7.05 Å². The number of carbonyl (C=O) groups is 1. The van der Waals surface area contributed by atoms with E-state index in [-0.39, 0.29) is 11.3 Å². The van der Waals surface area contributed by atoms with Crippen molar-refractivity contribution in [3.05, 3.63) is 59.4 Å². The summed E-state index contributed by atoms with van der Waals surface area (Å²) in [6, 6.07) is 12.6. The molecule has 1 fully saturated rings. The Morgan fingerprint density at radius 2 is 1.83 bits per heavy atom. The van der Waals surface area contributed by atoms with Crippen LogP contribution in [0.15, 0.2) is 42.6 Å². The highest BCUT2D eigenvalue weighted by Crippen LogP contribution is 2.30. The summed E-state index contributed by atoms with van der Waals surface area (Å²) < 4.78 is 2.09. The molecule has 1 aromatic carbocycles. The van der Waals surface area contributed by atoms with E-state index in [0.29, 0.717) is 12.6 Å². The molecule has 0 spiro atoms. The van der Waals surface area contributed by atoms with E-state index in [0.717, 1.165) is 18.4 Å². The summed E-state index contributed by atoms with van der Waals surface area (Å²) in [7, 11) is 2.03. The minimum atomic E-state index is 0.112. The first-order valence-electron chi connectivity index (χ1n) is 8.38. The van der Waals surface area contributed by atoms with Crippen molar-refractivity contribution in [1.29, 1.82) is 0 Å². The first-order chi connectivity index (χ1) is 10.9. The van der Waals surface area contributed by atoms with Crippen LogP contribution in [0.5, 0.6) is 0 Å². The molecule has 3 nitrogen and oxygen atoms in total. The predicted octanol–water partition coefficient (Wildman–Crippen LogP) is 4.13. The zero-order valence-electron chi connectivity index (χ0n) is 14.5. The summed E-state index contributed by atoms with van der Waals surface area (Å²) >= 11 is 0. The molecule has 1 amide bonds. The van der Waals surface area contributed by atoms with Crippen molar-refractivity contribution in [2.75, 3.05) is 0 Å². The number of hydrogen-bond acceptors (Lipinski definition) is 1. The van der Waals surface area contributed by atoms with E-state index in [2.05, 4.69) is 43.5 Å². The quantitative estimate of drug-likeness (QED) is 0.833. The standard InChI is InChI=1S/C20H26N2O/c1-20(2,3)16-9-7-15(8-10-16)19(23)22(17-11-12-17)14-18-6-5-13-21(18)4/h5-10,13,17H,11-12,14H2,1-4H3. The molecule has 1 aromatic heterocycles. The van der Waals surface area contributed by atoms with Crippen LogP contribution in [0.25, 0.3) is 0 Å². The Morgan fingerprint density at radius 3 is 2.30 bits per heavy atom. The van der Waals surface area contributed by atoms with Gasteiger partial charge < -0.3 is 9.47 Å². The number of benzene rings is 1. The molecule has 2 aromatic rings. The number of rotatable bonds is 4. The van der Waals surface area contributed by atoms with E-state index in [1.54, 1.807) is 0 Å². The molecule has 1 aliphatic rings. The molecule has 3 rings (SSSR count). The second-order valence-electron chi connectivity index (χ2n) is 7.60. The van der Waals surface area contributed by atoms with E-state index in [1.165, 1.54) is 11.3 Å². The topological polar surface area (TPSA) is 25.2 Å². The third kappa shape index (κ3) is 3.49. The van der Waals surface area contributed by atoms with Crippen LogP contribution in [0.1, 0.15) is 55.2 Å². The highest BCUT2D eigenvalue weighted by molar-refractivity contribution is 5.94. The summed E-state index contributed by atoms with van der Waals surface area (Å²) in [5.74, 6) is 0.147. The second kappa shape index (κ2) is 5.88. The van der Waals surface area contributed by atoms with Gasteiger partial charge in [-0.3, -0.25) is 4.79 Å². The number of nitrogens with zero attached hydrogens (tertiary/aromatic N) is 2. The molecule has 0 saturated heterocycles. The van der Waals surface area contributed by atoms with Gasteiger partial charge in [-0.25, -0.2) is 0 Å². The maximum Gasteiger partial charge on any atom is 0.254 e. The van der Waals surface area contributed by atoms with Crippen molar-refractivity contribution in [2.45, 2.75) is 51.6 Å². The van der Waals surface area contributed by atoms with Gasteiger partial charge in [0, 0.05) is 30.5 Å². The normalized spacial score (nSPS) is 14.8. The summed E-state index contributed by atoms with van der Waals surface area (Å²) in [6.45, 7) is 7.26. The van der Waals surface area contributed by atoms with Gasteiger partial charge in [-0.2, -0.15) is 0 Å². The Balaban J connectivity index is 1.80. The smallest absolute Gasteiger partial charge is 0.254 e. The summed E-state index contributed by atoms with van der Waals surface area (Å²) in [4.78, 5) is 15.0. The molecule has 1 aliphatic carbocycles. The van der Waals surface area contributed by atoms with Crippen LogP contribution in [0.3, 0.4) is 0 Å². The Kier molecular flexibility index (Phi) is 4.05. The van der Waals surface area contributed by atoms with Crippen molar-refractivity contribution in [1.82, 2.24) is 9.47 Å². The zero-order valence-corrected chi connectivity index (χ0v) is 14.5. The molecule has 1 heterocycles. The Labute approximate surface area is 138 Å². The van der Waals surface area contributed by atoms with Crippen molar-refractivity contribution in [3.8, 4) is 0 Å². The summed E-state index contributed by atoms with van der Waals surface area (Å²) in [5.41, 5.74) is 3.34. The predicted molar refractivity (Wildman–Crippen MR) is 93.5 cm³/mol. The lowest BCUT2D eigenvalue weighted by Crippen LogP contribution is -2.33. The first-order valence-corrected chi connectivity index (χ1v) is 8.38. The fraction of sp³-hybridized carbons (Fsp3) is 0.450. The molecule has 3 heteroatoms. The Hall–Kier alpha value is -2.03. The van der Waals surface area contributed by atoms with Crippen LogP contribution < -0.4 is 0 Å². The molecular weight excluding hydrogens is 284 g/mol. The van der Waals surface area contributed by atoms with E-state index in [4.69, 9.17) is 0 Å². The highest BCUT2D eigenvalue weighted by Gasteiger charge is 2.33. The van der Waals surface area contributed by atoms with E-state index in [1.807, 2.05) is 36.3 Å². The van der Waals surface area contributed by atoms with Gasteiger partial charge in [-0.15, -0.1) is 0 Å². The summed E-state index contributed by atoms with van der Waals surface area (Å²) in [6.07, 6.45) is 4.27. The number of aromatic nitrogens is 1. The van der Waals surface area contributed by atoms with Crippen LogP contribution in [-0.2, 0) is 19.0 Å². The molecule has 0 aliphatic heterocycles. The fourth-order valence-electron chi connectivity index (χ4n) is 2.87. The average Bonchev–Trinajstić information content (AvgIpc) is 3.27. The largest absolute Gasteiger partial charge is 0.353 e. The van der Waals surface area contributed by atoms with E-state index in [9.17, 15) is 4.79 Å². The van der Waals surface area contributed by atoms with Gasteiger partial charge in [-0.1, -0.05) is 32.9 Å². The van der Waals surface area contributed by atoms with Crippen LogP contribution in [0.2, 0.25) is 0 Å². The molecule has 122 valence electrons. The SMILES string of the molecule is Cn1cccc1CN(C(=O)c1ccc(C(C)(C)C)cc1)C1CC1. The van der Waals surface area contributed by atoms with Gasteiger partial charge in [0.2, 0.25) is 0 Å². The molecule has 0 N–H and O–H groups in total. The third-order valence-corrected chi connectivity index (χ3v) is 4.63. The van der Waals surface area contributed by atoms with Crippen LogP contribution in [0.4, 0.5) is 0 Å². The number of amides is 1. The monoisotopic (exact) mass is 310 g/mol.